The summed E-state index contributed by atoms with van der Waals surface area (Å²) in [4.78, 5) is 12.0. The first-order valence-electron chi connectivity index (χ1n) is 11.3. The lowest BCUT2D eigenvalue weighted by Gasteiger charge is -2.20. The highest BCUT2D eigenvalue weighted by Gasteiger charge is 2.35. The van der Waals surface area contributed by atoms with E-state index in [1.807, 2.05) is 43.3 Å². The normalized spacial score (nSPS) is 14.4. The first kappa shape index (κ1) is 22.6. The minimum absolute atomic E-state index is 0.223. The van der Waals surface area contributed by atoms with E-state index in [1.54, 1.807) is 11.8 Å². The Balaban J connectivity index is 1.79. The largest absolute Gasteiger partial charge is 0.497 e. The average Bonchev–Trinajstić information content (AvgIpc) is 3.36. The highest BCUT2D eigenvalue weighted by Crippen LogP contribution is 2.31. The molecule has 0 aliphatic carbocycles. The Bertz CT molecular complexity index is 1210. The molecule has 0 fully saturated rings. The summed E-state index contributed by atoms with van der Waals surface area (Å²) in [6, 6.07) is 11.8. The van der Waals surface area contributed by atoms with Crippen LogP contribution in [0.5, 0.6) is 5.75 Å². The van der Waals surface area contributed by atoms with Gasteiger partial charge in [-0.15, -0.1) is 10.2 Å². The highest BCUT2D eigenvalue weighted by atomic mass is 16.5. The average molecular weight is 446 g/mol. The molecule has 0 amide bonds. The number of methoxy groups -OCH3 is 1. The molecule has 0 unspecified atom stereocenters. The van der Waals surface area contributed by atoms with Gasteiger partial charge in [-0.1, -0.05) is 20.8 Å². The number of aliphatic imine (C=N–C) groups is 1. The van der Waals surface area contributed by atoms with Crippen LogP contribution in [0.2, 0.25) is 0 Å². The summed E-state index contributed by atoms with van der Waals surface area (Å²) in [7, 11) is 1.65. The van der Waals surface area contributed by atoms with Gasteiger partial charge in [0.1, 0.15) is 17.3 Å². The van der Waals surface area contributed by atoms with Crippen molar-refractivity contribution < 1.29 is 4.74 Å². The summed E-state index contributed by atoms with van der Waals surface area (Å²) in [5.41, 5.74) is 3.96. The summed E-state index contributed by atoms with van der Waals surface area (Å²) < 4.78 is 7.06. The van der Waals surface area contributed by atoms with Crippen molar-refractivity contribution in [1.82, 2.24) is 19.9 Å². The van der Waals surface area contributed by atoms with Crippen LogP contribution < -0.4 is 9.64 Å². The number of hydrogen-bond acceptors (Lipinski definition) is 7. The van der Waals surface area contributed by atoms with Gasteiger partial charge in [0.15, 0.2) is 5.82 Å². The van der Waals surface area contributed by atoms with E-state index in [0.717, 1.165) is 53.0 Å². The van der Waals surface area contributed by atoms with E-state index < -0.39 is 0 Å². The molecule has 3 heterocycles. The van der Waals surface area contributed by atoms with Gasteiger partial charge in [-0.2, -0.15) is 9.78 Å². The monoisotopic (exact) mass is 445 g/mol. The third kappa shape index (κ3) is 4.25. The second-order valence-corrected chi connectivity index (χ2v) is 8.99. The first-order chi connectivity index (χ1) is 15.8. The maximum atomic E-state index is 5.27. The number of ether oxygens (including phenoxy) is 1. The van der Waals surface area contributed by atoms with Crippen LogP contribution >= 0.6 is 0 Å². The predicted molar refractivity (Wildman–Crippen MR) is 133 cm³/mol. The van der Waals surface area contributed by atoms with Gasteiger partial charge in [0.2, 0.25) is 5.82 Å². The van der Waals surface area contributed by atoms with Gasteiger partial charge in [0, 0.05) is 24.1 Å². The van der Waals surface area contributed by atoms with Gasteiger partial charge in [0.25, 0.3) is 0 Å². The Morgan fingerprint density at radius 1 is 0.970 bits per heavy atom. The second-order valence-electron chi connectivity index (χ2n) is 8.99. The molecular formula is C25H31N7O. The van der Waals surface area contributed by atoms with Crippen LogP contribution in [0.4, 0.5) is 11.5 Å². The van der Waals surface area contributed by atoms with E-state index >= 15 is 0 Å². The van der Waals surface area contributed by atoms with E-state index in [2.05, 4.69) is 49.7 Å². The fraction of sp³-hybridized carbons (Fsp3) is 0.400. The van der Waals surface area contributed by atoms with Crippen LogP contribution in [0.3, 0.4) is 0 Å². The van der Waals surface area contributed by atoms with Crippen LogP contribution in [-0.2, 0) is 0 Å². The van der Waals surface area contributed by atoms with Crippen molar-refractivity contribution >= 4 is 22.9 Å². The molecule has 172 valence electrons. The Kier molecular flexibility index (Phi) is 6.01. The molecule has 4 rings (SSSR count). The number of aryl methyl sites for hydroxylation is 1. The molecule has 0 bridgehead atoms. The van der Waals surface area contributed by atoms with Crippen LogP contribution in [0.1, 0.15) is 46.1 Å². The fourth-order valence-electron chi connectivity index (χ4n) is 3.81. The lowest BCUT2D eigenvalue weighted by atomic mass is 9.87. The molecule has 0 spiro atoms. The zero-order valence-electron chi connectivity index (χ0n) is 20.4. The second kappa shape index (κ2) is 8.77. The zero-order valence-corrected chi connectivity index (χ0v) is 20.4. The number of pyridine rings is 1. The third-order valence-corrected chi connectivity index (χ3v) is 5.70. The van der Waals surface area contributed by atoms with Gasteiger partial charge in [-0.3, -0.25) is 0 Å². The van der Waals surface area contributed by atoms with Crippen molar-refractivity contribution in [1.29, 1.82) is 0 Å². The number of nitrogens with zero attached hydrogens (tertiary/aromatic N) is 7. The van der Waals surface area contributed by atoms with Crippen molar-refractivity contribution in [2.24, 2.45) is 15.5 Å². The molecule has 0 radical (unpaired) electrons. The standard InChI is InChI=1S/C25H31N7O/c1-8-31(9-2)20-15-14-19(16(3)26-20)27-21-22(25(4,5)6)30-32-23(28-29-24(21)32)17-10-12-18(33-7)13-11-17/h10-15H,8-9H2,1-7H3. The summed E-state index contributed by atoms with van der Waals surface area (Å²) >= 11 is 0. The van der Waals surface area contributed by atoms with E-state index in [9.17, 15) is 0 Å². The van der Waals surface area contributed by atoms with Crippen molar-refractivity contribution in [2.75, 3.05) is 25.1 Å². The first-order valence-corrected chi connectivity index (χ1v) is 11.3. The van der Waals surface area contributed by atoms with Crippen LogP contribution in [0.25, 0.3) is 11.4 Å². The minimum atomic E-state index is -0.223. The highest BCUT2D eigenvalue weighted by molar-refractivity contribution is 6.50. The van der Waals surface area contributed by atoms with E-state index in [-0.39, 0.29) is 5.41 Å². The molecule has 1 aliphatic heterocycles. The summed E-state index contributed by atoms with van der Waals surface area (Å²) in [6.45, 7) is 14.5. The van der Waals surface area contributed by atoms with E-state index in [1.165, 1.54) is 0 Å². The molecule has 0 atom stereocenters. The molecule has 8 heteroatoms. The van der Waals surface area contributed by atoms with Crippen molar-refractivity contribution in [3.8, 4) is 17.1 Å². The number of aromatic nitrogens is 4. The Hall–Kier alpha value is -3.55. The molecule has 1 aromatic carbocycles. The van der Waals surface area contributed by atoms with Gasteiger partial charge in [0.05, 0.1) is 24.2 Å². The van der Waals surface area contributed by atoms with Gasteiger partial charge >= 0.3 is 0 Å². The maximum Gasteiger partial charge on any atom is 0.205 e. The van der Waals surface area contributed by atoms with E-state index in [4.69, 9.17) is 19.8 Å². The summed E-state index contributed by atoms with van der Waals surface area (Å²) in [6.07, 6.45) is 0. The molecule has 0 saturated heterocycles. The van der Waals surface area contributed by atoms with E-state index in [0.29, 0.717) is 11.6 Å². The number of rotatable bonds is 6. The number of fused-ring (bicyclic) bond motifs is 1. The molecule has 33 heavy (non-hydrogen) atoms. The summed E-state index contributed by atoms with van der Waals surface area (Å²) in [5.74, 6) is 3.06. The number of benzene rings is 1. The van der Waals surface area contributed by atoms with Crippen molar-refractivity contribution in [3.05, 3.63) is 47.9 Å². The van der Waals surface area contributed by atoms with Crippen LogP contribution in [0.15, 0.2) is 46.5 Å². The minimum Gasteiger partial charge on any atom is -0.497 e. The lowest BCUT2D eigenvalue weighted by molar-refractivity contribution is 0.415. The Morgan fingerprint density at radius 3 is 2.21 bits per heavy atom. The predicted octanol–water partition coefficient (Wildman–Crippen LogP) is 4.89. The summed E-state index contributed by atoms with van der Waals surface area (Å²) in [5, 5.41) is 13.8. The van der Waals surface area contributed by atoms with Crippen molar-refractivity contribution in [3.63, 3.8) is 0 Å². The smallest absolute Gasteiger partial charge is 0.205 e. The van der Waals surface area contributed by atoms with Gasteiger partial charge < -0.3 is 9.64 Å². The molecule has 0 N–H and O–H groups in total. The Labute approximate surface area is 195 Å². The molecule has 0 saturated carbocycles. The van der Waals surface area contributed by atoms with Crippen LogP contribution in [0, 0.1) is 12.3 Å². The molecule has 3 aromatic rings. The zero-order chi connectivity index (χ0) is 23.8. The maximum absolute atomic E-state index is 5.27. The molecule has 2 aromatic heterocycles. The Morgan fingerprint density at radius 2 is 1.64 bits per heavy atom. The molecule has 8 nitrogen and oxygen atoms in total. The van der Waals surface area contributed by atoms with Gasteiger partial charge in [-0.05, 0) is 57.2 Å². The topological polar surface area (TPSA) is 80.8 Å². The molecular weight excluding hydrogens is 414 g/mol. The molecule has 1 aliphatic rings. The quantitative estimate of drug-likeness (QED) is 0.540. The third-order valence-electron chi connectivity index (χ3n) is 5.70. The van der Waals surface area contributed by atoms with Crippen molar-refractivity contribution in [2.45, 2.75) is 41.5 Å². The van der Waals surface area contributed by atoms with Crippen LogP contribution in [-0.4, -0.2) is 51.5 Å². The number of anilines is 1. The SMILES string of the molecule is CCN(CC)c1ccc(N=C2C(C(C)(C)C)=Nn3c2nnc3-c2ccc(OC)cc2)c(C)n1. The lowest BCUT2D eigenvalue weighted by Crippen LogP contribution is -2.27. The van der Waals surface area contributed by atoms with Gasteiger partial charge in [-0.25, -0.2) is 9.98 Å². The number of hydrogen-bond donors (Lipinski definition) is 0. The fourth-order valence-corrected chi connectivity index (χ4v) is 3.81.